The first-order chi connectivity index (χ1) is 6.96. The quantitative estimate of drug-likeness (QED) is 0.640. The summed E-state index contributed by atoms with van der Waals surface area (Å²) in [5.41, 5.74) is 5.59. The molecule has 1 heterocycles. The first kappa shape index (κ1) is 12.4. The van der Waals surface area contributed by atoms with Crippen molar-refractivity contribution in [1.29, 1.82) is 0 Å². The summed E-state index contributed by atoms with van der Waals surface area (Å²) in [4.78, 5) is 11.5. The van der Waals surface area contributed by atoms with Gasteiger partial charge in [0.1, 0.15) is 0 Å². The molecule has 2 unspecified atom stereocenters. The Morgan fingerprint density at radius 2 is 2.20 bits per heavy atom. The van der Waals surface area contributed by atoms with Gasteiger partial charge in [0, 0.05) is 6.04 Å². The molecule has 15 heavy (non-hydrogen) atoms. The normalized spacial score (nSPS) is 26.5. The molecule has 0 aliphatic carbocycles. The van der Waals surface area contributed by atoms with E-state index in [4.69, 9.17) is 10.5 Å². The van der Waals surface area contributed by atoms with Crippen LogP contribution in [0, 0.1) is 5.92 Å². The minimum absolute atomic E-state index is 0.0540. The molecule has 1 amide bonds. The molecular weight excluding hydrogens is 220 g/mol. The van der Waals surface area contributed by atoms with Crippen LogP contribution < -0.4 is 10.5 Å². The third kappa shape index (κ3) is 3.44. The third-order valence-electron chi connectivity index (χ3n) is 2.19. The smallest absolute Gasteiger partial charge is 0.240 e. The molecular formula is C8H16N2O4S. The van der Waals surface area contributed by atoms with Crippen LogP contribution in [0.1, 0.15) is 13.3 Å². The number of nitrogens with one attached hydrogen (secondary N) is 1. The molecule has 88 valence electrons. The van der Waals surface area contributed by atoms with Gasteiger partial charge in [-0.15, -0.1) is 0 Å². The minimum Gasteiger partial charge on any atom is -0.379 e. The summed E-state index contributed by atoms with van der Waals surface area (Å²) in [6.45, 7) is 2.22. The van der Waals surface area contributed by atoms with Crippen molar-refractivity contribution in [3.63, 3.8) is 0 Å². The van der Waals surface area contributed by atoms with Gasteiger partial charge in [-0.3, -0.25) is 9.52 Å². The van der Waals surface area contributed by atoms with Crippen LogP contribution in [0.4, 0.5) is 0 Å². The van der Waals surface area contributed by atoms with Gasteiger partial charge in [-0.2, -0.15) is 0 Å². The lowest BCUT2D eigenvalue weighted by atomic mass is 10.1. The van der Waals surface area contributed by atoms with Gasteiger partial charge in [-0.05, 0) is 6.42 Å². The van der Waals surface area contributed by atoms with Crippen molar-refractivity contribution in [2.75, 3.05) is 19.0 Å². The van der Waals surface area contributed by atoms with Crippen molar-refractivity contribution in [2.24, 2.45) is 11.7 Å². The number of carbonyl (C=O) groups excluding carboxylic acids is 1. The highest BCUT2D eigenvalue weighted by Gasteiger charge is 2.33. The van der Waals surface area contributed by atoms with Crippen LogP contribution in [0.15, 0.2) is 0 Å². The summed E-state index contributed by atoms with van der Waals surface area (Å²) in [5.74, 6) is -1.17. The molecule has 0 radical (unpaired) electrons. The molecule has 1 aliphatic rings. The Hall–Kier alpha value is -0.660. The third-order valence-corrected chi connectivity index (χ3v) is 3.65. The van der Waals surface area contributed by atoms with Crippen molar-refractivity contribution in [1.82, 2.24) is 4.72 Å². The highest BCUT2D eigenvalue weighted by atomic mass is 32.2. The van der Waals surface area contributed by atoms with Crippen LogP contribution in [-0.2, 0) is 19.6 Å². The molecule has 1 fully saturated rings. The zero-order valence-corrected chi connectivity index (χ0v) is 9.42. The molecule has 3 N–H and O–H groups in total. The molecule has 0 saturated carbocycles. The van der Waals surface area contributed by atoms with Gasteiger partial charge in [0.2, 0.25) is 15.9 Å². The van der Waals surface area contributed by atoms with Gasteiger partial charge in [0.25, 0.3) is 0 Å². The fourth-order valence-corrected chi connectivity index (χ4v) is 2.49. The second kappa shape index (κ2) is 4.91. The molecule has 0 aromatic heterocycles. The lowest BCUT2D eigenvalue weighted by Crippen LogP contribution is -2.43. The average molecular weight is 236 g/mol. The van der Waals surface area contributed by atoms with E-state index in [2.05, 4.69) is 0 Å². The minimum atomic E-state index is -3.50. The molecule has 0 spiro atoms. The molecule has 1 aliphatic heterocycles. The monoisotopic (exact) mass is 236 g/mol. The number of carbonyl (C=O) groups is 1. The highest BCUT2D eigenvalue weighted by Crippen LogP contribution is 2.11. The average Bonchev–Trinajstić information content (AvgIpc) is 2.50. The summed E-state index contributed by atoms with van der Waals surface area (Å²) in [5, 5.41) is 0. The van der Waals surface area contributed by atoms with Crippen molar-refractivity contribution < 1.29 is 17.9 Å². The van der Waals surface area contributed by atoms with Crippen LogP contribution >= 0.6 is 0 Å². The topological polar surface area (TPSA) is 98.5 Å². The zero-order valence-electron chi connectivity index (χ0n) is 8.60. The summed E-state index contributed by atoms with van der Waals surface area (Å²) >= 11 is 0. The second-order valence-corrected chi connectivity index (χ2v) is 5.43. The summed E-state index contributed by atoms with van der Waals surface area (Å²) in [6, 6.07) is -0.415. The number of ether oxygens (including phenoxy) is 1. The molecule has 1 saturated heterocycles. The van der Waals surface area contributed by atoms with Gasteiger partial charge >= 0.3 is 0 Å². The number of nitrogens with two attached hydrogens (primary N) is 1. The van der Waals surface area contributed by atoms with E-state index in [1.807, 2.05) is 4.72 Å². The fraction of sp³-hybridized carbons (Fsp3) is 0.875. The van der Waals surface area contributed by atoms with Crippen molar-refractivity contribution in [3.8, 4) is 0 Å². The van der Waals surface area contributed by atoms with Crippen LogP contribution in [0.3, 0.4) is 0 Å². The van der Waals surface area contributed by atoms with E-state index in [1.165, 1.54) is 0 Å². The van der Waals surface area contributed by atoms with Gasteiger partial charge in [-0.1, -0.05) is 6.92 Å². The lowest BCUT2D eigenvalue weighted by molar-refractivity contribution is -0.123. The predicted octanol–water partition coefficient (Wildman–Crippen LogP) is -1.18. The van der Waals surface area contributed by atoms with Crippen molar-refractivity contribution >= 4 is 15.9 Å². The summed E-state index contributed by atoms with van der Waals surface area (Å²) in [6.07, 6.45) is 0.468. The maximum absolute atomic E-state index is 11.5. The highest BCUT2D eigenvalue weighted by molar-refractivity contribution is 7.90. The Morgan fingerprint density at radius 3 is 2.67 bits per heavy atom. The maximum atomic E-state index is 11.5. The van der Waals surface area contributed by atoms with Crippen LogP contribution in [0.2, 0.25) is 0 Å². The van der Waals surface area contributed by atoms with E-state index in [0.717, 1.165) is 0 Å². The molecule has 0 bridgehead atoms. The number of hydrogen-bond acceptors (Lipinski definition) is 5. The largest absolute Gasteiger partial charge is 0.379 e. The molecule has 6 nitrogen and oxygen atoms in total. The fourth-order valence-electron chi connectivity index (χ4n) is 1.39. The van der Waals surface area contributed by atoms with E-state index in [9.17, 15) is 13.2 Å². The first-order valence-electron chi connectivity index (χ1n) is 4.84. The molecule has 1 rings (SSSR count). The number of sulfonamides is 1. The van der Waals surface area contributed by atoms with E-state index in [-0.39, 0.29) is 12.4 Å². The second-order valence-electron chi connectivity index (χ2n) is 3.59. The predicted molar refractivity (Wildman–Crippen MR) is 54.5 cm³/mol. The molecule has 0 aromatic rings. The van der Waals surface area contributed by atoms with Gasteiger partial charge < -0.3 is 10.5 Å². The van der Waals surface area contributed by atoms with Crippen LogP contribution in [-0.4, -0.2) is 39.3 Å². The Bertz CT molecular complexity index is 328. The maximum Gasteiger partial charge on any atom is 0.240 e. The van der Waals surface area contributed by atoms with Crippen molar-refractivity contribution in [2.45, 2.75) is 19.4 Å². The van der Waals surface area contributed by atoms with Crippen molar-refractivity contribution in [3.05, 3.63) is 0 Å². The van der Waals surface area contributed by atoms with Crippen LogP contribution in [0.25, 0.3) is 0 Å². The Morgan fingerprint density at radius 1 is 1.53 bits per heavy atom. The van der Waals surface area contributed by atoms with Crippen LogP contribution in [0.5, 0.6) is 0 Å². The molecule has 2 atom stereocenters. The van der Waals surface area contributed by atoms with Gasteiger partial charge in [0.05, 0.1) is 24.9 Å². The molecule has 0 aromatic carbocycles. The molecule has 7 heteroatoms. The Labute approximate surface area is 89.2 Å². The standard InChI is InChI=1S/C8H16N2O4S/c1-2-3-15(12,13)10-8(11)6-4-14-5-7(6)9/h6-7H,2-5,9H2,1H3,(H,10,11). The number of amides is 1. The first-order valence-corrected chi connectivity index (χ1v) is 6.49. The van der Waals surface area contributed by atoms with E-state index in [1.54, 1.807) is 6.92 Å². The van der Waals surface area contributed by atoms with Gasteiger partial charge in [-0.25, -0.2) is 8.42 Å². The Balaban J connectivity index is 2.55. The summed E-state index contributed by atoms with van der Waals surface area (Å²) < 4.78 is 29.6. The van der Waals surface area contributed by atoms with E-state index in [0.29, 0.717) is 13.0 Å². The number of hydrogen-bond donors (Lipinski definition) is 2. The van der Waals surface area contributed by atoms with E-state index >= 15 is 0 Å². The number of rotatable bonds is 4. The Kier molecular flexibility index (Phi) is 4.06. The lowest BCUT2D eigenvalue weighted by Gasteiger charge is -2.13. The summed E-state index contributed by atoms with van der Waals surface area (Å²) in [7, 11) is -3.50. The SMILES string of the molecule is CCCS(=O)(=O)NC(=O)C1COCC1N. The van der Waals surface area contributed by atoms with Gasteiger partial charge in [0.15, 0.2) is 0 Å². The zero-order chi connectivity index (χ0) is 11.5. The van der Waals surface area contributed by atoms with E-state index < -0.39 is 27.9 Å².